The van der Waals surface area contributed by atoms with Gasteiger partial charge in [-0.05, 0) is 84.9 Å². The fourth-order valence-corrected chi connectivity index (χ4v) is 8.07. The van der Waals surface area contributed by atoms with Crippen LogP contribution in [0.5, 0.6) is 0 Å². The number of aromatic nitrogens is 3. The van der Waals surface area contributed by atoms with Crippen LogP contribution in [-0.4, -0.2) is 15.0 Å². The third-order valence-corrected chi connectivity index (χ3v) is 10.7. The van der Waals surface area contributed by atoms with E-state index >= 15 is 0 Å². The van der Waals surface area contributed by atoms with Gasteiger partial charge in [-0.1, -0.05) is 158 Å². The van der Waals surface area contributed by atoms with Crippen LogP contribution in [0, 0.1) is 0 Å². The van der Waals surface area contributed by atoms with Crippen LogP contribution in [0.1, 0.15) is 0 Å². The maximum absolute atomic E-state index is 6.50. The molecule has 2 aromatic heterocycles. The molecule has 0 atom stereocenters. The molecule has 11 rings (SSSR count). The zero-order valence-electron chi connectivity index (χ0n) is 29.6. The minimum absolute atomic E-state index is 0.585. The molecule has 4 nitrogen and oxygen atoms in total. The fraction of sp³-hybridized carbons (Fsp3) is 0. The van der Waals surface area contributed by atoms with Gasteiger partial charge in [0.15, 0.2) is 17.5 Å². The Hall–Kier alpha value is -7.43. The van der Waals surface area contributed by atoms with E-state index in [1.807, 2.05) is 36.4 Å². The van der Waals surface area contributed by atoms with Gasteiger partial charge in [0.05, 0.1) is 0 Å². The predicted octanol–water partition coefficient (Wildman–Crippen LogP) is 13.6. The normalized spacial score (nSPS) is 11.6. The molecule has 0 amide bonds. The quantitative estimate of drug-likeness (QED) is 0.168. The first kappa shape index (κ1) is 31.1. The zero-order valence-corrected chi connectivity index (χ0v) is 29.6. The van der Waals surface area contributed by atoms with E-state index in [1.165, 1.54) is 32.3 Å². The van der Waals surface area contributed by atoms with Gasteiger partial charge < -0.3 is 4.42 Å². The minimum atomic E-state index is 0.585. The van der Waals surface area contributed by atoms with E-state index < -0.39 is 0 Å². The minimum Gasteiger partial charge on any atom is -0.456 e. The van der Waals surface area contributed by atoms with Crippen molar-refractivity contribution in [2.75, 3.05) is 0 Å². The van der Waals surface area contributed by atoms with Crippen molar-refractivity contribution in [1.29, 1.82) is 0 Å². The molecule has 9 aromatic carbocycles. The molecule has 0 fully saturated rings. The highest BCUT2D eigenvalue weighted by molar-refractivity contribution is 6.25. The summed E-state index contributed by atoms with van der Waals surface area (Å²) in [5.74, 6) is 1.81. The fourth-order valence-electron chi connectivity index (χ4n) is 8.07. The molecule has 2 heterocycles. The molecule has 0 aliphatic heterocycles. The zero-order chi connectivity index (χ0) is 36.3. The Bertz CT molecular complexity index is 3220. The van der Waals surface area contributed by atoms with Gasteiger partial charge in [0, 0.05) is 27.5 Å². The van der Waals surface area contributed by atoms with Crippen LogP contribution < -0.4 is 0 Å². The molecule has 4 heteroatoms. The molecule has 256 valence electrons. The lowest BCUT2D eigenvalue weighted by molar-refractivity contribution is 0.669. The number of fused-ring (bicyclic) bond motifs is 9. The summed E-state index contributed by atoms with van der Waals surface area (Å²) < 4.78 is 6.50. The Kier molecular flexibility index (Phi) is 7.14. The molecule has 0 N–H and O–H groups in total. The van der Waals surface area contributed by atoms with Crippen LogP contribution in [-0.2, 0) is 0 Å². The van der Waals surface area contributed by atoms with E-state index in [0.29, 0.717) is 17.5 Å². The van der Waals surface area contributed by atoms with Crippen molar-refractivity contribution in [2.24, 2.45) is 0 Å². The Balaban J connectivity index is 1.07. The lowest BCUT2D eigenvalue weighted by Gasteiger charge is -2.14. The van der Waals surface area contributed by atoms with Crippen molar-refractivity contribution >= 4 is 54.3 Å². The van der Waals surface area contributed by atoms with Crippen LogP contribution in [0.15, 0.2) is 192 Å². The van der Waals surface area contributed by atoms with E-state index in [9.17, 15) is 0 Å². The van der Waals surface area contributed by atoms with E-state index in [1.54, 1.807) is 0 Å². The summed E-state index contributed by atoms with van der Waals surface area (Å²) in [5.41, 5.74) is 8.79. The van der Waals surface area contributed by atoms with Gasteiger partial charge in [-0.15, -0.1) is 0 Å². The van der Waals surface area contributed by atoms with Gasteiger partial charge in [0.2, 0.25) is 0 Å². The molecule has 0 unspecified atom stereocenters. The van der Waals surface area contributed by atoms with Crippen LogP contribution in [0.25, 0.3) is 111 Å². The summed E-state index contributed by atoms with van der Waals surface area (Å²) in [7, 11) is 0. The Labute approximate surface area is 317 Å². The maximum Gasteiger partial charge on any atom is 0.164 e. The summed E-state index contributed by atoms with van der Waals surface area (Å²) in [6.45, 7) is 0. The van der Waals surface area contributed by atoms with E-state index in [-0.39, 0.29) is 0 Å². The number of rotatable bonds is 5. The van der Waals surface area contributed by atoms with Gasteiger partial charge in [-0.2, -0.15) is 0 Å². The molecular formula is C51H31N3O. The van der Waals surface area contributed by atoms with Crippen LogP contribution in [0.2, 0.25) is 0 Å². The third kappa shape index (κ3) is 5.26. The number of nitrogens with zero attached hydrogens (tertiary/aromatic N) is 3. The largest absolute Gasteiger partial charge is 0.456 e. The van der Waals surface area contributed by atoms with Crippen molar-refractivity contribution in [3.63, 3.8) is 0 Å². The molecular weight excluding hydrogens is 671 g/mol. The summed E-state index contributed by atoms with van der Waals surface area (Å²) in [6, 6.07) is 65.8. The molecule has 0 radical (unpaired) electrons. The van der Waals surface area contributed by atoms with Gasteiger partial charge in [0.1, 0.15) is 11.2 Å². The van der Waals surface area contributed by atoms with Crippen molar-refractivity contribution in [3.05, 3.63) is 188 Å². The molecule has 0 bridgehead atoms. The van der Waals surface area contributed by atoms with E-state index in [4.69, 9.17) is 19.4 Å². The lowest BCUT2D eigenvalue weighted by Crippen LogP contribution is -2.01. The first-order chi connectivity index (χ1) is 27.2. The molecule has 0 saturated carbocycles. The average Bonchev–Trinajstić information content (AvgIpc) is 3.64. The third-order valence-electron chi connectivity index (χ3n) is 10.7. The second-order valence-electron chi connectivity index (χ2n) is 14.0. The van der Waals surface area contributed by atoms with Gasteiger partial charge in [0.25, 0.3) is 0 Å². The highest BCUT2D eigenvalue weighted by Crippen LogP contribution is 2.40. The maximum atomic E-state index is 6.50. The predicted molar refractivity (Wildman–Crippen MR) is 227 cm³/mol. The first-order valence-electron chi connectivity index (χ1n) is 18.5. The average molecular weight is 702 g/mol. The van der Waals surface area contributed by atoms with Crippen molar-refractivity contribution < 1.29 is 4.42 Å². The summed E-state index contributed by atoms with van der Waals surface area (Å²) in [6.07, 6.45) is 0. The Morgan fingerprint density at radius 2 is 0.691 bits per heavy atom. The molecule has 0 aliphatic rings. The van der Waals surface area contributed by atoms with Crippen LogP contribution in [0.3, 0.4) is 0 Å². The number of benzene rings is 9. The smallest absolute Gasteiger partial charge is 0.164 e. The molecule has 0 spiro atoms. The van der Waals surface area contributed by atoms with Crippen molar-refractivity contribution in [2.45, 2.75) is 0 Å². The summed E-state index contributed by atoms with van der Waals surface area (Å²) in [5, 5.41) is 9.60. The number of furan rings is 1. The number of hydrogen-bond donors (Lipinski definition) is 0. The summed E-state index contributed by atoms with van der Waals surface area (Å²) >= 11 is 0. The van der Waals surface area contributed by atoms with Crippen LogP contribution in [0.4, 0.5) is 0 Å². The van der Waals surface area contributed by atoms with E-state index in [2.05, 4.69) is 152 Å². The van der Waals surface area contributed by atoms with Crippen molar-refractivity contribution in [3.8, 4) is 56.4 Å². The number of hydrogen-bond acceptors (Lipinski definition) is 4. The summed E-state index contributed by atoms with van der Waals surface area (Å²) in [4.78, 5) is 15.4. The molecule has 0 saturated heterocycles. The SMILES string of the molecule is c1ccc(-c2ccc3c(c2)oc2cc(-c4nc(-c5ccccc5)nc(-c5ccccc5-c5ccc6c7ccccc7c7ccccc7c6c5)n4)ccc23)cc1. The van der Waals surface area contributed by atoms with Gasteiger partial charge in [-0.3, -0.25) is 0 Å². The standard InChI is InChI=1S/C51H31N3O/c1-3-13-32(14-4-1)34-23-27-43-44-28-25-36(31-48(44)55-47(43)30-34)50-52-49(33-15-5-2-6-16-33)53-51(54-50)45-22-12-7-17-37(45)35-24-26-42-40-20-9-8-18-38(40)39-19-10-11-21-41(39)46(42)29-35/h1-31H. The van der Waals surface area contributed by atoms with Gasteiger partial charge >= 0.3 is 0 Å². The highest BCUT2D eigenvalue weighted by atomic mass is 16.3. The second kappa shape index (κ2) is 12.6. The van der Waals surface area contributed by atoms with Crippen molar-refractivity contribution in [1.82, 2.24) is 15.0 Å². The monoisotopic (exact) mass is 701 g/mol. The Morgan fingerprint density at radius 3 is 1.35 bits per heavy atom. The highest BCUT2D eigenvalue weighted by Gasteiger charge is 2.18. The topological polar surface area (TPSA) is 51.8 Å². The molecule has 11 aromatic rings. The first-order valence-corrected chi connectivity index (χ1v) is 18.5. The van der Waals surface area contributed by atoms with Crippen LogP contribution >= 0.6 is 0 Å². The molecule has 0 aliphatic carbocycles. The van der Waals surface area contributed by atoms with E-state index in [0.717, 1.165) is 60.9 Å². The van der Waals surface area contributed by atoms with Gasteiger partial charge in [-0.25, -0.2) is 15.0 Å². The molecule has 55 heavy (non-hydrogen) atoms. The lowest BCUT2D eigenvalue weighted by atomic mass is 9.91. The second-order valence-corrected chi connectivity index (χ2v) is 14.0. The Morgan fingerprint density at radius 1 is 0.255 bits per heavy atom.